The van der Waals surface area contributed by atoms with Crippen LogP contribution in [0.5, 0.6) is 0 Å². The zero-order valence-electron chi connectivity index (χ0n) is 23.0. The number of esters is 2. The summed E-state index contributed by atoms with van der Waals surface area (Å²) in [6.07, 6.45) is 31.9. The summed E-state index contributed by atoms with van der Waals surface area (Å²) >= 11 is 0. The van der Waals surface area contributed by atoms with Crippen LogP contribution in [0.3, 0.4) is 0 Å². The van der Waals surface area contributed by atoms with Gasteiger partial charge in [0.2, 0.25) is 0 Å². The van der Waals surface area contributed by atoms with Crippen molar-refractivity contribution in [2.75, 3.05) is 13.2 Å². The molecule has 0 amide bonds. The molecule has 0 aliphatic carbocycles. The summed E-state index contributed by atoms with van der Waals surface area (Å²) in [6.45, 7) is 3.93. The molecule has 36 heavy (non-hydrogen) atoms. The van der Waals surface area contributed by atoms with Crippen molar-refractivity contribution in [2.45, 2.75) is 123 Å². The van der Waals surface area contributed by atoms with E-state index in [0.717, 1.165) is 51.4 Å². The Morgan fingerprint density at radius 1 is 0.639 bits per heavy atom. The van der Waals surface area contributed by atoms with E-state index < -0.39 is 6.10 Å². The van der Waals surface area contributed by atoms with E-state index in [1.165, 1.54) is 32.1 Å². The van der Waals surface area contributed by atoms with Crippen LogP contribution < -0.4 is 0 Å². The van der Waals surface area contributed by atoms with Gasteiger partial charge in [0.15, 0.2) is 6.10 Å². The van der Waals surface area contributed by atoms with Crippen molar-refractivity contribution in [3.8, 4) is 0 Å². The fraction of sp³-hybridized carbons (Fsp3) is 0.677. The van der Waals surface area contributed by atoms with Gasteiger partial charge >= 0.3 is 11.9 Å². The van der Waals surface area contributed by atoms with E-state index in [-0.39, 0.29) is 31.6 Å². The van der Waals surface area contributed by atoms with Crippen LogP contribution in [0.15, 0.2) is 48.6 Å². The van der Waals surface area contributed by atoms with Gasteiger partial charge in [0.1, 0.15) is 6.61 Å². The van der Waals surface area contributed by atoms with Crippen molar-refractivity contribution in [1.29, 1.82) is 0 Å². The van der Waals surface area contributed by atoms with Crippen LogP contribution in [0.1, 0.15) is 117 Å². The number of hydrogen-bond donors (Lipinski definition) is 1. The fourth-order valence-corrected chi connectivity index (χ4v) is 3.42. The molecule has 0 fully saturated rings. The molecule has 0 aromatic rings. The van der Waals surface area contributed by atoms with E-state index >= 15 is 0 Å². The third kappa shape index (κ3) is 25.0. The molecule has 0 aliphatic rings. The number of rotatable bonds is 24. The minimum absolute atomic E-state index is 0.0901. The topological polar surface area (TPSA) is 72.8 Å². The summed E-state index contributed by atoms with van der Waals surface area (Å²) in [6, 6.07) is 0. The number of aliphatic hydroxyl groups is 1. The predicted octanol–water partition coefficient (Wildman–Crippen LogP) is 7.94. The molecule has 0 saturated carbocycles. The minimum atomic E-state index is -0.793. The molecule has 0 radical (unpaired) electrons. The number of carbonyl (C=O) groups excluding carboxylic acids is 2. The molecule has 0 bridgehead atoms. The first-order chi connectivity index (χ1) is 17.6. The number of aliphatic hydroxyl groups excluding tert-OH is 1. The summed E-state index contributed by atoms with van der Waals surface area (Å²) in [4.78, 5) is 23.7. The molecule has 1 atom stereocenters. The van der Waals surface area contributed by atoms with E-state index in [4.69, 9.17) is 9.47 Å². The van der Waals surface area contributed by atoms with Gasteiger partial charge in [-0.15, -0.1) is 0 Å². The summed E-state index contributed by atoms with van der Waals surface area (Å²) in [7, 11) is 0. The van der Waals surface area contributed by atoms with Crippen molar-refractivity contribution in [1.82, 2.24) is 0 Å². The van der Waals surface area contributed by atoms with Crippen molar-refractivity contribution >= 4 is 11.9 Å². The highest BCUT2D eigenvalue weighted by molar-refractivity contribution is 5.70. The van der Waals surface area contributed by atoms with Crippen LogP contribution in [0.2, 0.25) is 0 Å². The number of hydrogen-bond acceptors (Lipinski definition) is 5. The predicted molar refractivity (Wildman–Crippen MR) is 150 cm³/mol. The zero-order valence-corrected chi connectivity index (χ0v) is 23.0. The van der Waals surface area contributed by atoms with Crippen molar-refractivity contribution in [3.63, 3.8) is 0 Å². The van der Waals surface area contributed by atoms with Gasteiger partial charge in [-0.1, -0.05) is 101 Å². The lowest BCUT2D eigenvalue weighted by molar-refractivity contribution is -0.161. The minimum Gasteiger partial charge on any atom is -0.462 e. The Morgan fingerprint density at radius 3 is 1.72 bits per heavy atom. The molecule has 0 saturated heterocycles. The summed E-state index contributed by atoms with van der Waals surface area (Å²) in [5, 5.41) is 9.39. The third-order valence-corrected chi connectivity index (χ3v) is 5.63. The first kappa shape index (κ1) is 33.9. The average molecular weight is 505 g/mol. The molecule has 5 heteroatoms. The average Bonchev–Trinajstić information content (AvgIpc) is 2.88. The van der Waals surface area contributed by atoms with Crippen molar-refractivity contribution in [2.24, 2.45) is 0 Å². The van der Waals surface area contributed by atoms with Gasteiger partial charge in [-0.05, 0) is 51.4 Å². The summed E-state index contributed by atoms with van der Waals surface area (Å²) < 4.78 is 10.4. The summed E-state index contributed by atoms with van der Waals surface area (Å²) in [5.41, 5.74) is 0. The van der Waals surface area contributed by atoms with Crippen LogP contribution in [-0.2, 0) is 19.1 Å². The van der Waals surface area contributed by atoms with E-state index in [0.29, 0.717) is 12.8 Å². The molecule has 0 aromatic carbocycles. The third-order valence-electron chi connectivity index (χ3n) is 5.63. The fourth-order valence-electron chi connectivity index (χ4n) is 3.42. The van der Waals surface area contributed by atoms with Gasteiger partial charge in [-0.3, -0.25) is 9.59 Å². The quantitative estimate of drug-likeness (QED) is 0.0820. The Kier molecular flexibility index (Phi) is 25.8. The van der Waals surface area contributed by atoms with Gasteiger partial charge < -0.3 is 14.6 Å². The molecule has 0 spiro atoms. The first-order valence-corrected chi connectivity index (χ1v) is 14.2. The maximum atomic E-state index is 12.0. The van der Waals surface area contributed by atoms with Gasteiger partial charge in [-0.25, -0.2) is 0 Å². The van der Waals surface area contributed by atoms with Gasteiger partial charge in [0.05, 0.1) is 6.61 Å². The van der Waals surface area contributed by atoms with Gasteiger partial charge in [0.25, 0.3) is 0 Å². The number of allylic oxidation sites excluding steroid dienone is 8. The van der Waals surface area contributed by atoms with E-state index in [2.05, 4.69) is 62.5 Å². The van der Waals surface area contributed by atoms with Crippen LogP contribution in [0.4, 0.5) is 0 Å². The molecule has 5 nitrogen and oxygen atoms in total. The maximum Gasteiger partial charge on any atom is 0.306 e. The van der Waals surface area contributed by atoms with E-state index in [1.807, 2.05) is 0 Å². The van der Waals surface area contributed by atoms with E-state index in [9.17, 15) is 14.7 Å². The molecule has 206 valence electrons. The zero-order chi connectivity index (χ0) is 26.5. The highest BCUT2D eigenvalue weighted by Crippen LogP contribution is 2.07. The van der Waals surface area contributed by atoms with Crippen LogP contribution in [0, 0.1) is 0 Å². The molecule has 0 aromatic heterocycles. The molecule has 0 aliphatic heterocycles. The van der Waals surface area contributed by atoms with Gasteiger partial charge in [-0.2, -0.15) is 0 Å². The second kappa shape index (κ2) is 27.4. The van der Waals surface area contributed by atoms with Crippen molar-refractivity contribution in [3.05, 3.63) is 48.6 Å². The highest BCUT2D eigenvalue weighted by Gasteiger charge is 2.15. The van der Waals surface area contributed by atoms with E-state index in [1.54, 1.807) is 0 Å². The highest BCUT2D eigenvalue weighted by atomic mass is 16.6. The Balaban J connectivity index is 3.75. The Bertz CT molecular complexity index is 633. The second-order valence-corrected chi connectivity index (χ2v) is 9.12. The standard InChI is InChI=1S/C31H52O5/c1-3-5-7-9-10-11-12-13-14-15-16-17-18-19-20-22-24-26-31(34)36-29(27-32)28-35-30(33)25-23-21-8-6-4-2/h10-11,13-14,16-17,19-20,29,32H,3-9,12,15,18,21-28H2,1-2H3/b11-10-,14-13-,17-16-,20-19-. The lowest BCUT2D eigenvalue weighted by Gasteiger charge is -2.15. The van der Waals surface area contributed by atoms with Gasteiger partial charge in [0, 0.05) is 12.8 Å². The molecule has 0 rings (SSSR count). The Labute approximate surface area is 220 Å². The monoisotopic (exact) mass is 504 g/mol. The number of carbonyl (C=O) groups is 2. The summed E-state index contributed by atoms with van der Waals surface area (Å²) in [5.74, 6) is -0.679. The Morgan fingerprint density at radius 2 is 1.14 bits per heavy atom. The van der Waals surface area contributed by atoms with Crippen LogP contribution in [-0.4, -0.2) is 36.4 Å². The lowest BCUT2D eigenvalue weighted by Crippen LogP contribution is -2.28. The maximum absolute atomic E-state index is 12.0. The molecule has 0 heterocycles. The number of ether oxygens (including phenoxy) is 2. The Hall–Kier alpha value is -2.14. The lowest BCUT2D eigenvalue weighted by atomic mass is 10.1. The van der Waals surface area contributed by atoms with Crippen LogP contribution in [0.25, 0.3) is 0 Å². The molecule has 1 unspecified atom stereocenters. The van der Waals surface area contributed by atoms with Crippen LogP contribution >= 0.6 is 0 Å². The molecule has 1 N–H and O–H groups in total. The van der Waals surface area contributed by atoms with Crippen molar-refractivity contribution < 1.29 is 24.2 Å². The second-order valence-electron chi connectivity index (χ2n) is 9.12. The number of unbranched alkanes of at least 4 members (excludes halogenated alkanes) is 8. The molecular weight excluding hydrogens is 452 g/mol. The first-order valence-electron chi connectivity index (χ1n) is 14.2. The largest absolute Gasteiger partial charge is 0.462 e. The SMILES string of the molecule is CCCCC/C=C\C/C=C\C/C=C\C/C=C\CCCC(=O)OC(CO)COC(=O)CCCCCCC. The molecular formula is C31H52O5. The smallest absolute Gasteiger partial charge is 0.306 e. The normalized spacial score (nSPS) is 12.9.